The summed E-state index contributed by atoms with van der Waals surface area (Å²) in [6.07, 6.45) is -3.21. The van der Waals surface area contributed by atoms with Crippen molar-refractivity contribution in [1.82, 2.24) is 10.2 Å². The van der Waals surface area contributed by atoms with E-state index in [9.17, 15) is 32.7 Å². The fraction of sp³-hybridized carbons (Fsp3) is 0.591. The Morgan fingerprint density at radius 1 is 1.26 bits per heavy atom. The van der Waals surface area contributed by atoms with Crippen LogP contribution in [-0.4, -0.2) is 39.9 Å². The average molecular weight is 440 g/mol. The highest BCUT2D eigenvalue weighted by molar-refractivity contribution is 6.09. The van der Waals surface area contributed by atoms with Crippen molar-refractivity contribution in [3.05, 3.63) is 35.4 Å². The molecule has 0 saturated carbocycles. The maximum atomic E-state index is 13.3. The first-order chi connectivity index (χ1) is 14.4. The molecule has 170 valence electrons. The lowest BCUT2D eigenvalue weighted by molar-refractivity contribution is -0.152. The summed E-state index contributed by atoms with van der Waals surface area (Å²) in [6.45, 7) is 5.68. The monoisotopic (exact) mass is 440 g/mol. The van der Waals surface area contributed by atoms with Gasteiger partial charge in [0.15, 0.2) is 0 Å². The van der Waals surface area contributed by atoms with Gasteiger partial charge in [-0.2, -0.15) is 13.2 Å². The highest BCUT2D eigenvalue weighted by Crippen LogP contribution is 2.51. The van der Waals surface area contributed by atoms with Crippen LogP contribution in [0.3, 0.4) is 0 Å². The van der Waals surface area contributed by atoms with Gasteiger partial charge in [-0.15, -0.1) is 0 Å². The molecule has 2 N–H and O–H groups in total. The molecule has 2 heterocycles. The van der Waals surface area contributed by atoms with Crippen LogP contribution < -0.4 is 5.32 Å². The number of likely N-dealkylation sites (tertiary alicyclic amines) is 1. The number of carboxylic acid groups (broad SMARTS) is 1. The lowest BCUT2D eigenvalue weighted by atomic mass is 9.75. The van der Waals surface area contributed by atoms with Gasteiger partial charge in [0.2, 0.25) is 11.8 Å². The summed E-state index contributed by atoms with van der Waals surface area (Å²) in [5.41, 5.74) is -2.47. The SMILES string of the molecule is CCCCN1C(=O)C2C(c3cccc(C(F)(F)F)c3)NC(CC(C)C)(C(=O)O)C2C1=O. The predicted octanol–water partition coefficient (Wildman–Crippen LogP) is 3.62. The number of imide groups is 1. The Balaban J connectivity index is 2.13. The number of amides is 2. The molecular formula is C22H27F3N2O4. The first-order valence-electron chi connectivity index (χ1n) is 10.5. The lowest BCUT2D eigenvalue weighted by Crippen LogP contribution is -2.56. The number of unbranched alkanes of at least 4 members (excludes halogenated alkanes) is 1. The van der Waals surface area contributed by atoms with Gasteiger partial charge in [-0.3, -0.25) is 24.6 Å². The van der Waals surface area contributed by atoms with Crippen LogP contribution >= 0.6 is 0 Å². The number of carbonyl (C=O) groups excluding carboxylic acids is 2. The van der Waals surface area contributed by atoms with Gasteiger partial charge in [-0.05, 0) is 36.5 Å². The number of nitrogens with zero attached hydrogens (tertiary/aromatic N) is 1. The van der Waals surface area contributed by atoms with Gasteiger partial charge < -0.3 is 5.11 Å². The highest BCUT2D eigenvalue weighted by Gasteiger charge is 2.68. The Labute approximate surface area is 178 Å². The van der Waals surface area contributed by atoms with Gasteiger partial charge >= 0.3 is 12.1 Å². The molecule has 0 aliphatic carbocycles. The fourth-order valence-electron chi connectivity index (χ4n) is 4.91. The Morgan fingerprint density at radius 2 is 1.94 bits per heavy atom. The van der Waals surface area contributed by atoms with E-state index >= 15 is 0 Å². The molecule has 2 saturated heterocycles. The molecule has 0 spiro atoms. The quantitative estimate of drug-likeness (QED) is 0.633. The smallest absolute Gasteiger partial charge is 0.416 e. The zero-order valence-corrected chi connectivity index (χ0v) is 17.7. The summed E-state index contributed by atoms with van der Waals surface area (Å²) >= 11 is 0. The number of nitrogens with one attached hydrogen (secondary N) is 1. The number of aliphatic carboxylic acids is 1. The molecule has 9 heteroatoms. The van der Waals surface area contributed by atoms with Crippen LogP contribution in [0.4, 0.5) is 13.2 Å². The summed E-state index contributed by atoms with van der Waals surface area (Å²) in [7, 11) is 0. The number of hydrogen-bond donors (Lipinski definition) is 2. The maximum Gasteiger partial charge on any atom is 0.416 e. The van der Waals surface area contributed by atoms with Gasteiger partial charge in [0.05, 0.1) is 17.4 Å². The lowest BCUT2D eigenvalue weighted by Gasteiger charge is -2.32. The van der Waals surface area contributed by atoms with Gasteiger partial charge in [0.25, 0.3) is 0 Å². The van der Waals surface area contributed by atoms with Crippen molar-refractivity contribution in [1.29, 1.82) is 0 Å². The normalized spacial score (nSPS) is 28.5. The van der Waals surface area contributed by atoms with Crippen molar-refractivity contribution in [2.45, 2.75) is 57.8 Å². The van der Waals surface area contributed by atoms with Gasteiger partial charge in [-0.25, -0.2) is 0 Å². The van der Waals surface area contributed by atoms with E-state index in [-0.39, 0.29) is 24.4 Å². The second kappa shape index (κ2) is 8.26. The Hall–Kier alpha value is -2.42. The summed E-state index contributed by atoms with van der Waals surface area (Å²) < 4.78 is 39.8. The van der Waals surface area contributed by atoms with Crippen LogP contribution in [0.5, 0.6) is 0 Å². The molecule has 0 aromatic heterocycles. The van der Waals surface area contributed by atoms with Crippen LogP contribution in [0.15, 0.2) is 24.3 Å². The van der Waals surface area contributed by atoms with Crippen molar-refractivity contribution < 1.29 is 32.7 Å². The number of benzene rings is 1. The molecule has 2 fully saturated rings. The van der Waals surface area contributed by atoms with Crippen LogP contribution in [0.1, 0.15) is 57.2 Å². The third-order valence-corrected chi connectivity index (χ3v) is 6.17. The molecule has 1 aromatic rings. The minimum atomic E-state index is -4.58. The molecule has 1 aromatic carbocycles. The summed E-state index contributed by atoms with van der Waals surface area (Å²) in [6, 6.07) is 3.50. The molecule has 3 rings (SSSR count). The van der Waals surface area contributed by atoms with E-state index in [0.29, 0.717) is 6.42 Å². The molecule has 2 aliphatic heterocycles. The molecule has 0 bridgehead atoms. The highest BCUT2D eigenvalue weighted by atomic mass is 19.4. The van der Waals surface area contributed by atoms with E-state index in [4.69, 9.17) is 0 Å². The van der Waals surface area contributed by atoms with Crippen molar-refractivity contribution in [3.63, 3.8) is 0 Å². The van der Waals surface area contributed by atoms with Gasteiger partial charge in [0.1, 0.15) is 5.54 Å². The van der Waals surface area contributed by atoms with E-state index in [1.165, 1.54) is 12.1 Å². The average Bonchev–Trinajstić information content (AvgIpc) is 3.14. The van der Waals surface area contributed by atoms with Crippen LogP contribution in [-0.2, 0) is 20.6 Å². The second-order valence-electron chi connectivity index (χ2n) is 8.80. The van der Waals surface area contributed by atoms with Crippen molar-refractivity contribution in [3.8, 4) is 0 Å². The second-order valence-corrected chi connectivity index (χ2v) is 8.80. The van der Waals surface area contributed by atoms with Crippen molar-refractivity contribution in [2.75, 3.05) is 6.54 Å². The molecule has 6 nitrogen and oxygen atoms in total. The van der Waals surface area contributed by atoms with Crippen LogP contribution in [0.2, 0.25) is 0 Å². The summed E-state index contributed by atoms with van der Waals surface area (Å²) in [5, 5.41) is 13.1. The number of alkyl halides is 3. The number of hydrogen-bond acceptors (Lipinski definition) is 4. The maximum absolute atomic E-state index is 13.3. The molecule has 4 unspecified atom stereocenters. The van der Waals surface area contributed by atoms with Crippen molar-refractivity contribution >= 4 is 17.8 Å². The van der Waals surface area contributed by atoms with Crippen molar-refractivity contribution in [2.24, 2.45) is 17.8 Å². The third kappa shape index (κ3) is 3.95. The van der Waals surface area contributed by atoms with E-state index in [0.717, 1.165) is 23.5 Å². The van der Waals surface area contributed by atoms with E-state index in [1.807, 2.05) is 6.92 Å². The molecular weight excluding hydrogens is 413 g/mol. The zero-order valence-electron chi connectivity index (χ0n) is 17.7. The van der Waals surface area contributed by atoms with E-state index in [1.54, 1.807) is 13.8 Å². The fourth-order valence-corrected chi connectivity index (χ4v) is 4.91. The zero-order chi connectivity index (χ0) is 23.1. The molecule has 4 atom stereocenters. The number of carboxylic acids is 1. The molecule has 0 radical (unpaired) electrons. The van der Waals surface area contributed by atoms with Crippen LogP contribution in [0, 0.1) is 17.8 Å². The van der Waals surface area contributed by atoms with Gasteiger partial charge in [-0.1, -0.05) is 39.3 Å². The molecule has 2 amide bonds. The summed E-state index contributed by atoms with van der Waals surface area (Å²) in [4.78, 5) is 40.0. The molecule has 31 heavy (non-hydrogen) atoms. The first-order valence-corrected chi connectivity index (χ1v) is 10.5. The molecule has 2 aliphatic rings. The number of carbonyl (C=O) groups is 3. The number of halogens is 3. The van der Waals surface area contributed by atoms with Gasteiger partial charge in [0, 0.05) is 12.6 Å². The minimum absolute atomic E-state index is 0.0690. The topological polar surface area (TPSA) is 86.7 Å². The first kappa shape index (κ1) is 23.2. The standard InChI is InChI=1S/C22H27F3N2O4/c1-4-5-9-27-18(28)15-16(19(27)29)21(20(30)31,11-12(2)3)26-17(15)13-7-6-8-14(10-13)22(23,24)25/h6-8,10,12,15-17,26H,4-5,9,11H2,1-3H3,(H,30,31). The third-order valence-electron chi connectivity index (χ3n) is 6.17. The summed E-state index contributed by atoms with van der Waals surface area (Å²) in [5.74, 6) is -4.72. The Morgan fingerprint density at radius 3 is 2.48 bits per heavy atom. The largest absolute Gasteiger partial charge is 0.480 e. The minimum Gasteiger partial charge on any atom is -0.480 e. The predicted molar refractivity (Wildman–Crippen MR) is 106 cm³/mol. The Bertz CT molecular complexity index is 886. The number of fused-ring (bicyclic) bond motifs is 1. The van der Waals surface area contributed by atoms with Crippen LogP contribution in [0.25, 0.3) is 0 Å². The van der Waals surface area contributed by atoms with E-state index < -0.39 is 52.9 Å². The Kier molecular flexibility index (Phi) is 6.19. The van der Waals surface area contributed by atoms with E-state index in [2.05, 4.69) is 5.32 Å². The number of rotatable bonds is 7.